The molecule has 0 bridgehead atoms. The van der Waals surface area contributed by atoms with E-state index in [2.05, 4.69) is 4.72 Å². The lowest BCUT2D eigenvalue weighted by atomic mass is 10.0. The first-order valence-electron chi connectivity index (χ1n) is 8.62. The summed E-state index contributed by atoms with van der Waals surface area (Å²) < 4.78 is 33.6. The molecule has 0 atom stereocenters. The van der Waals surface area contributed by atoms with E-state index in [4.69, 9.17) is 4.74 Å². The van der Waals surface area contributed by atoms with Crippen LogP contribution in [0.4, 0.5) is 0 Å². The zero-order valence-corrected chi connectivity index (χ0v) is 16.4. The van der Waals surface area contributed by atoms with Crippen LogP contribution in [0.25, 0.3) is 0 Å². The monoisotopic (exact) mass is 368 g/mol. The number of benzene rings is 1. The highest BCUT2D eigenvalue weighted by Gasteiger charge is 2.29. The van der Waals surface area contributed by atoms with Gasteiger partial charge in [0.2, 0.25) is 15.9 Å². The standard InChI is InChI=1S/C18H28N2O4S/c1-12(2)18(21)20-8-6-15(7-9-20)19-25(22,23)17-11-14(4)13(3)10-16(17)24-5/h10-12,15,19H,6-9H2,1-5H3. The van der Waals surface area contributed by atoms with Crippen LogP contribution in [-0.4, -0.2) is 45.5 Å². The lowest BCUT2D eigenvalue weighted by molar-refractivity contribution is -0.135. The fraction of sp³-hybridized carbons (Fsp3) is 0.611. The topological polar surface area (TPSA) is 75.7 Å². The summed E-state index contributed by atoms with van der Waals surface area (Å²) >= 11 is 0. The largest absolute Gasteiger partial charge is 0.495 e. The van der Waals surface area contributed by atoms with Crippen LogP contribution in [-0.2, 0) is 14.8 Å². The summed E-state index contributed by atoms with van der Waals surface area (Å²) in [7, 11) is -2.20. The minimum atomic E-state index is -3.67. The van der Waals surface area contributed by atoms with Gasteiger partial charge in [0.25, 0.3) is 0 Å². The van der Waals surface area contributed by atoms with Gasteiger partial charge in [-0.1, -0.05) is 13.8 Å². The number of amides is 1. The van der Waals surface area contributed by atoms with E-state index in [1.165, 1.54) is 7.11 Å². The second kappa shape index (κ2) is 7.74. The van der Waals surface area contributed by atoms with Gasteiger partial charge >= 0.3 is 0 Å². The molecule has 25 heavy (non-hydrogen) atoms. The van der Waals surface area contributed by atoms with Crippen LogP contribution in [0.5, 0.6) is 5.75 Å². The molecule has 0 saturated carbocycles. The number of sulfonamides is 1. The van der Waals surface area contributed by atoms with Gasteiger partial charge in [-0.05, 0) is 49.9 Å². The maximum atomic E-state index is 12.8. The molecular weight excluding hydrogens is 340 g/mol. The molecule has 0 radical (unpaired) electrons. The van der Waals surface area contributed by atoms with Crippen molar-refractivity contribution in [3.63, 3.8) is 0 Å². The molecule has 6 nitrogen and oxygen atoms in total. The van der Waals surface area contributed by atoms with E-state index in [9.17, 15) is 13.2 Å². The number of hydrogen-bond donors (Lipinski definition) is 1. The Hall–Kier alpha value is -1.60. The third-order valence-corrected chi connectivity index (χ3v) is 6.23. The summed E-state index contributed by atoms with van der Waals surface area (Å²) in [6.45, 7) is 8.71. The molecule has 1 aromatic rings. The van der Waals surface area contributed by atoms with E-state index in [1.54, 1.807) is 12.1 Å². The van der Waals surface area contributed by atoms with Crippen LogP contribution >= 0.6 is 0 Å². The molecule has 2 rings (SSSR count). The van der Waals surface area contributed by atoms with Gasteiger partial charge in [0, 0.05) is 25.0 Å². The van der Waals surface area contributed by atoms with E-state index in [-0.39, 0.29) is 22.8 Å². The number of carbonyl (C=O) groups excluding carboxylic acids is 1. The summed E-state index contributed by atoms with van der Waals surface area (Å²) in [5.41, 5.74) is 1.88. The average Bonchev–Trinajstić information content (AvgIpc) is 2.56. The molecule has 1 heterocycles. The van der Waals surface area contributed by atoms with Gasteiger partial charge in [0.1, 0.15) is 10.6 Å². The van der Waals surface area contributed by atoms with Crippen LogP contribution in [0, 0.1) is 19.8 Å². The molecule has 1 amide bonds. The Morgan fingerprint density at radius 2 is 1.76 bits per heavy atom. The zero-order valence-electron chi connectivity index (χ0n) is 15.6. The second-order valence-corrected chi connectivity index (χ2v) is 8.65. The normalized spacial score (nSPS) is 16.3. The summed E-state index contributed by atoms with van der Waals surface area (Å²) in [4.78, 5) is 14.0. The van der Waals surface area contributed by atoms with Gasteiger partial charge in [-0.25, -0.2) is 13.1 Å². The van der Waals surface area contributed by atoms with Crippen LogP contribution in [0.15, 0.2) is 17.0 Å². The number of likely N-dealkylation sites (tertiary alicyclic amines) is 1. The van der Waals surface area contributed by atoms with Crippen LogP contribution in [0.3, 0.4) is 0 Å². The van der Waals surface area contributed by atoms with Gasteiger partial charge < -0.3 is 9.64 Å². The Morgan fingerprint density at radius 3 is 2.28 bits per heavy atom. The van der Waals surface area contributed by atoms with Crippen molar-refractivity contribution in [2.45, 2.75) is 51.5 Å². The maximum absolute atomic E-state index is 12.8. The fourth-order valence-electron chi connectivity index (χ4n) is 3.00. The van der Waals surface area contributed by atoms with Gasteiger partial charge in [-0.3, -0.25) is 4.79 Å². The highest BCUT2D eigenvalue weighted by atomic mass is 32.2. The second-order valence-electron chi connectivity index (χ2n) is 6.96. The number of hydrogen-bond acceptors (Lipinski definition) is 4. The molecule has 1 aliphatic heterocycles. The number of nitrogens with zero attached hydrogens (tertiary/aromatic N) is 1. The molecule has 140 valence electrons. The predicted octanol–water partition coefficient (Wildman–Crippen LogP) is 2.24. The lowest BCUT2D eigenvalue weighted by Gasteiger charge is -2.33. The van der Waals surface area contributed by atoms with Crippen molar-refractivity contribution in [1.29, 1.82) is 0 Å². The zero-order chi connectivity index (χ0) is 18.8. The van der Waals surface area contributed by atoms with E-state index in [0.717, 1.165) is 11.1 Å². The van der Waals surface area contributed by atoms with Crippen LogP contribution in [0.2, 0.25) is 0 Å². The van der Waals surface area contributed by atoms with Crippen molar-refractivity contribution in [2.24, 2.45) is 5.92 Å². The SMILES string of the molecule is COc1cc(C)c(C)cc1S(=O)(=O)NC1CCN(C(=O)C(C)C)CC1. The number of aryl methyl sites for hydroxylation is 2. The molecule has 1 N–H and O–H groups in total. The molecule has 0 spiro atoms. The number of piperidine rings is 1. The van der Waals surface area contributed by atoms with E-state index in [1.807, 2.05) is 32.6 Å². The van der Waals surface area contributed by atoms with Crippen molar-refractivity contribution < 1.29 is 17.9 Å². The van der Waals surface area contributed by atoms with Crippen molar-refractivity contribution in [3.8, 4) is 5.75 Å². The fourth-order valence-corrected chi connectivity index (χ4v) is 4.54. The Bertz CT molecular complexity index is 736. The lowest BCUT2D eigenvalue weighted by Crippen LogP contribution is -2.47. The number of nitrogens with one attached hydrogen (secondary N) is 1. The summed E-state index contributed by atoms with van der Waals surface area (Å²) in [5, 5.41) is 0. The summed E-state index contributed by atoms with van der Waals surface area (Å²) in [5.74, 6) is 0.438. The Kier molecular flexibility index (Phi) is 6.11. The van der Waals surface area contributed by atoms with Crippen molar-refractivity contribution >= 4 is 15.9 Å². The molecule has 1 aromatic carbocycles. The first kappa shape index (κ1) is 19.7. The maximum Gasteiger partial charge on any atom is 0.244 e. The quantitative estimate of drug-likeness (QED) is 0.865. The molecule has 7 heteroatoms. The summed E-state index contributed by atoms with van der Waals surface area (Å²) in [6, 6.07) is 3.22. The minimum Gasteiger partial charge on any atom is -0.495 e. The van der Waals surface area contributed by atoms with Crippen LogP contribution < -0.4 is 9.46 Å². The van der Waals surface area contributed by atoms with Gasteiger partial charge in [0.05, 0.1) is 7.11 Å². The highest BCUT2D eigenvalue weighted by molar-refractivity contribution is 7.89. The van der Waals surface area contributed by atoms with E-state index < -0.39 is 10.0 Å². The first-order valence-corrected chi connectivity index (χ1v) is 10.1. The Balaban J connectivity index is 2.11. The molecule has 0 aliphatic carbocycles. The minimum absolute atomic E-state index is 0.0342. The predicted molar refractivity (Wildman–Crippen MR) is 97.2 cm³/mol. The smallest absolute Gasteiger partial charge is 0.244 e. The van der Waals surface area contributed by atoms with Crippen molar-refractivity contribution in [3.05, 3.63) is 23.3 Å². The van der Waals surface area contributed by atoms with E-state index >= 15 is 0 Å². The third-order valence-electron chi connectivity index (χ3n) is 4.69. The van der Waals surface area contributed by atoms with Gasteiger partial charge in [-0.15, -0.1) is 0 Å². The Labute approximate surface area is 150 Å². The third kappa shape index (κ3) is 4.52. The molecular formula is C18H28N2O4S. The molecule has 0 aromatic heterocycles. The number of ether oxygens (including phenoxy) is 1. The Morgan fingerprint density at radius 1 is 1.20 bits per heavy atom. The number of methoxy groups -OCH3 is 1. The van der Waals surface area contributed by atoms with Crippen molar-refractivity contribution in [2.75, 3.05) is 20.2 Å². The number of rotatable bonds is 5. The average molecular weight is 368 g/mol. The van der Waals surface area contributed by atoms with Gasteiger partial charge in [0.15, 0.2) is 0 Å². The molecule has 1 aliphatic rings. The number of carbonyl (C=O) groups is 1. The molecule has 0 unspecified atom stereocenters. The molecule has 1 fully saturated rings. The summed E-state index contributed by atoms with van der Waals surface area (Å²) in [6.07, 6.45) is 1.23. The molecule has 1 saturated heterocycles. The van der Waals surface area contributed by atoms with Gasteiger partial charge in [-0.2, -0.15) is 0 Å². The first-order chi connectivity index (χ1) is 11.7. The highest BCUT2D eigenvalue weighted by Crippen LogP contribution is 2.28. The van der Waals surface area contributed by atoms with E-state index in [0.29, 0.717) is 31.7 Å². The van der Waals surface area contributed by atoms with Crippen LogP contribution in [0.1, 0.15) is 37.8 Å². The van der Waals surface area contributed by atoms with Crippen molar-refractivity contribution in [1.82, 2.24) is 9.62 Å².